The molecular weight excluding hydrogens is 252 g/mol. The van der Waals surface area contributed by atoms with Crippen LogP contribution in [0.4, 0.5) is 0 Å². The highest BCUT2D eigenvalue weighted by atomic mass is 16.5. The van der Waals surface area contributed by atoms with Crippen LogP contribution in [0, 0.1) is 5.92 Å². The predicted octanol–water partition coefficient (Wildman–Crippen LogP) is 2.29. The first-order chi connectivity index (χ1) is 9.22. The third kappa shape index (κ3) is 3.07. The van der Waals surface area contributed by atoms with Gasteiger partial charge in [0.05, 0.1) is 11.5 Å². The van der Waals surface area contributed by atoms with E-state index >= 15 is 0 Å². The summed E-state index contributed by atoms with van der Waals surface area (Å²) in [7, 11) is 2.03. The standard InChI is InChI=1S/C16H24N2O2/c1-15(2)13(14(19)16(3,4)20-15)11-18(5)10-12-7-6-8-17-9-12/h6-9,13H,10-11H2,1-5H3. The lowest BCUT2D eigenvalue weighted by atomic mass is 9.85. The molecule has 20 heavy (non-hydrogen) atoms. The first-order valence-corrected chi connectivity index (χ1v) is 7.04. The number of rotatable bonds is 4. The number of ketones is 1. The smallest absolute Gasteiger partial charge is 0.171 e. The third-order valence-corrected chi connectivity index (χ3v) is 3.94. The van der Waals surface area contributed by atoms with Gasteiger partial charge >= 0.3 is 0 Å². The largest absolute Gasteiger partial charge is 0.361 e. The molecule has 2 rings (SSSR count). The van der Waals surface area contributed by atoms with Crippen molar-refractivity contribution < 1.29 is 9.53 Å². The number of ether oxygens (including phenoxy) is 1. The molecule has 110 valence electrons. The van der Waals surface area contributed by atoms with Crippen LogP contribution < -0.4 is 0 Å². The normalized spacial score (nSPS) is 24.3. The van der Waals surface area contributed by atoms with Crippen LogP contribution in [0.2, 0.25) is 0 Å². The van der Waals surface area contributed by atoms with Gasteiger partial charge in [-0.2, -0.15) is 0 Å². The summed E-state index contributed by atoms with van der Waals surface area (Å²) >= 11 is 0. The minimum atomic E-state index is -0.677. The van der Waals surface area contributed by atoms with Crippen molar-refractivity contribution in [2.75, 3.05) is 13.6 Å². The molecule has 0 saturated carbocycles. The molecule has 0 radical (unpaired) electrons. The molecule has 1 saturated heterocycles. The average molecular weight is 276 g/mol. The number of pyridine rings is 1. The lowest BCUT2D eigenvalue weighted by molar-refractivity contribution is -0.132. The molecule has 0 aliphatic carbocycles. The number of nitrogens with zero attached hydrogens (tertiary/aromatic N) is 2. The van der Waals surface area contributed by atoms with Crippen LogP contribution in [0.15, 0.2) is 24.5 Å². The van der Waals surface area contributed by atoms with Crippen molar-refractivity contribution in [2.45, 2.75) is 45.4 Å². The number of Topliss-reactive ketones (excluding diaryl/α,β-unsaturated/α-hetero) is 1. The maximum absolute atomic E-state index is 12.5. The molecule has 0 bridgehead atoms. The van der Waals surface area contributed by atoms with E-state index in [9.17, 15) is 4.79 Å². The van der Waals surface area contributed by atoms with E-state index in [0.717, 1.165) is 12.1 Å². The Kier molecular flexibility index (Phi) is 3.98. The average Bonchev–Trinajstić information content (AvgIpc) is 2.49. The zero-order valence-electron chi connectivity index (χ0n) is 13.0. The van der Waals surface area contributed by atoms with Crippen molar-refractivity contribution in [2.24, 2.45) is 5.92 Å². The van der Waals surface area contributed by atoms with Gasteiger partial charge < -0.3 is 9.64 Å². The van der Waals surface area contributed by atoms with Crippen molar-refractivity contribution in [1.29, 1.82) is 0 Å². The van der Waals surface area contributed by atoms with E-state index in [2.05, 4.69) is 9.88 Å². The Labute approximate surface area is 121 Å². The van der Waals surface area contributed by atoms with Crippen molar-refractivity contribution in [3.8, 4) is 0 Å². The van der Waals surface area contributed by atoms with Gasteiger partial charge in [-0.1, -0.05) is 6.07 Å². The summed E-state index contributed by atoms with van der Waals surface area (Å²) in [6.45, 7) is 9.21. The summed E-state index contributed by atoms with van der Waals surface area (Å²) in [4.78, 5) is 18.7. The fourth-order valence-electron chi connectivity index (χ4n) is 3.00. The molecule has 4 heteroatoms. The molecule has 2 heterocycles. The van der Waals surface area contributed by atoms with E-state index in [-0.39, 0.29) is 11.7 Å². The highest BCUT2D eigenvalue weighted by Crippen LogP contribution is 2.39. The van der Waals surface area contributed by atoms with E-state index in [4.69, 9.17) is 4.74 Å². The molecule has 1 aromatic heterocycles. The van der Waals surface area contributed by atoms with E-state index in [1.165, 1.54) is 0 Å². The quantitative estimate of drug-likeness (QED) is 0.846. The third-order valence-electron chi connectivity index (χ3n) is 3.94. The van der Waals surface area contributed by atoms with Crippen molar-refractivity contribution in [3.63, 3.8) is 0 Å². The van der Waals surface area contributed by atoms with Crippen molar-refractivity contribution >= 4 is 5.78 Å². The Morgan fingerprint density at radius 2 is 2.05 bits per heavy atom. The van der Waals surface area contributed by atoms with E-state index < -0.39 is 11.2 Å². The summed E-state index contributed by atoms with van der Waals surface area (Å²) < 4.78 is 5.92. The van der Waals surface area contributed by atoms with Gasteiger partial charge in [-0.05, 0) is 46.4 Å². The molecule has 1 atom stereocenters. The van der Waals surface area contributed by atoms with Crippen LogP contribution in [0.1, 0.15) is 33.3 Å². The first-order valence-electron chi connectivity index (χ1n) is 7.04. The number of carbonyl (C=O) groups is 1. The monoisotopic (exact) mass is 276 g/mol. The maximum Gasteiger partial charge on any atom is 0.171 e. The fraction of sp³-hybridized carbons (Fsp3) is 0.625. The van der Waals surface area contributed by atoms with Gasteiger partial charge in [-0.25, -0.2) is 0 Å². The highest BCUT2D eigenvalue weighted by Gasteiger charge is 2.53. The van der Waals surface area contributed by atoms with Gasteiger partial charge in [0, 0.05) is 25.5 Å². The van der Waals surface area contributed by atoms with Gasteiger partial charge in [-0.3, -0.25) is 9.78 Å². The van der Waals surface area contributed by atoms with Crippen molar-refractivity contribution in [1.82, 2.24) is 9.88 Å². The van der Waals surface area contributed by atoms with Crippen LogP contribution in [-0.2, 0) is 16.1 Å². The Morgan fingerprint density at radius 3 is 2.55 bits per heavy atom. The van der Waals surface area contributed by atoms with Crippen LogP contribution in [0.3, 0.4) is 0 Å². The molecule has 1 aliphatic heterocycles. The summed E-state index contributed by atoms with van der Waals surface area (Å²) in [5.41, 5.74) is 0.0611. The zero-order chi connectivity index (χ0) is 15.0. The Hall–Kier alpha value is -1.26. The molecule has 1 unspecified atom stereocenters. The summed E-state index contributed by atoms with van der Waals surface area (Å²) in [5, 5.41) is 0. The van der Waals surface area contributed by atoms with Crippen LogP contribution in [0.5, 0.6) is 0 Å². The van der Waals surface area contributed by atoms with Gasteiger partial charge in [0.1, 0.15) is 5.60 Å². The van der Waals surface area contributed by atoms with E-state index in [0.29, 0.717) is 6.54 Å². The predicted molar refractivity (Wildman–Crippen MR) is 78.3 cm³/mol. The second-order valence-corrected chi connectivity index (χ2v) is 6.69. The molecule has 4 nitrogen and oxygen atoms in total. The Morgan fingerprint density at radius 1 is 1.35 bits per heavy atom. The van der Waals surface area contributed by atoms with E-state index in [1.54, 1.807) is 6.20 Å². The minimum Gasteiger partial charge on any atom is -0.361 e. The van der Waals surface area contributed by atoms with Crippen molar-refractivity contribution in [3.05, 3.63) is 30.1 Å². The molecular formula is C16H24N2O2. The maximum atomic E-state index is 12.5. The topological polar surface area (TPSA) is 42.4 Å². The summed E-state index contributed by atoms with van der Waals surface area (Å²) in [5.74, 6) is 0.0970. The molecule has 1 aliphatic rings. The first kappa shape index (κ1) is 15.1. The lowest BCUT2D eigenvalue weighted by Crippen LogP contribution is -2.39. The lowest BCUT2D eigenvalue weighted by Gasteiger charge is -2.28. The van der Waals surface area contributed by atoms with Crippen LogP contribution in [-0.4, -0.2) is 40.5 Å². The van der Waals surface area contributed by atoms with Gasteiger partial charge in [-0.15, -0.1) is 0 Å². The van der Waals surface area contributed by atoms with Crippen LogP contribution in [0.25, 0.3) is 0 Å². The number of aromatic nitrogens is 1. The molecule has 0 N–H and O–H groups in total. The fourth-order valence-corrected chi connectivity index (χ4v) is 3.00. The number of hydrogen-bond donors (Lipinski definition) is 0. The molecule has 0 amide bonds. The Balaban J connectivity index is 2.04. The summed E-state index contributed by atoms with van der Waals surface area (Å²) in [6, 6.07) is 3.98. The SMILES string of the molecule is CN(Cc1cccnc1)CC1C(=O)C(C)(C)OC1(C)C. The van der Waals surface area contributed by atoms with Gasteiger partial charge in [0.15, 0.2) is 5.78 Å². The van der Waals surface area contributed by atoms with Gasteiger partial charge in [0.2, 0.25) is 0 Å². The number of hydrogen-bond acceptors (Lipinski definition) is 4. The molecule has 1 aromatic rings. The molecule has 0 aromatic carbocycles. The van der Waals surface area contributed by atoms with E-state index in [1.807, 2.05) is 53.1 Å². The molecule has 0 spiro atoms. The number of carbonyl (C=O) groups excluding carboxylic acids is 1. The minimum absolute atomic E-state index is 0.0980. The zero-order valence-corrected chi connectivity index (χ0v) is 13.0. The summed E-state index contributed by atoms with van der Waals surface area (Å²) in [6.07, 6.45) is 3.63. The van der Waals surface area contributed by atoms with Gasteiger partial charge in [0.25, 0.3) is 0 Å². The Bertz CT molecular complexity index is 483. The highest BCUT2D eigenvalue weighted by molar-refractivity contribution is 5.91. The molecule has 1 fully saturated rings. The second-order valence-electron chi connectivity index (χ2n) is 6.69. The van der Waals surface area contributed by atoms with Crippen LogP contribution >= 0.6 is 0 Å². The second kappa shape index (κ2) is 5.26.